The second-order valence-electron chi connectivity index (χ2n) is 10.1. The highest BCUT2D eigenvalue weighted by molar-refractivity contribution is 7.07. The Balaban J connectivity index is 1.50. The van der Waals surface area contributed by atoms with E-state index in [0.717, 1.165) is 22.0 Å². The molecule has 7 rings (SSSR count). The van der Waals surface area contributed by atoms with Crippen molar-refractivity contribution in [1.29, 1.82) is 0 Å². The number of allylic oxidation sites excluding steroid dienone is 1. The molecule has 0 saturated carbocycles. The molecule has 0 N–H and O–H groups in total. The molecule has 2 aromatic heterocycles. The summed E-state index contributed by atoms with van der Waals surface area (Å²) in [4.78, 5) is 33.4. The van der Waals surface area contributed by atoms with Crippen molar-refractivity contribution in [2.75, 3.05) is 13.4 Å². The number of rotatable bonds is 7. The number of esters is 1. The molecule has 2 aliphatic rings. The van der Waals surface area contributed by atoms with E-state index < -0.39 is 12.0 Å². The third-order valence-electron chi connectivity index (χ3n) is 7.52. The molecule has 3 aromatic carbocycles. The predicted octanol–water partition coefficient (Wildman–Crippen LogP) is 4.81. The van der Waals surface area contributed by atoms with Crippen molar-refractivity contribution in [2.24, 2.45) is 4.99 Å². The van der Waals surface area contributed by atoms with Gasteiger partial charge >= 0.3 is 5.97 Å². The number of carbonyl (C=O) groups is 1. The van der Waals surface area contributed by atoms with Crippen LogP contribution >= 0.6 is 11.3 Å². The maximum Gasteiger partial charge on any atom is 0.338 e. The first-order valence-electron chi connectivity index (χ1n) is 13.9. The summed E-state index contributed by atoms with van der Waals surface area (Å²) in [6.07, 6.45) is 5.77. The zero-order valence-corrected chi connectivity index (χ0v) is 24.2. The number of para-hydroxylation sites is 1. The molecule has 2 aliphatic heterocycles. The predicted molar refractivity (Wildman–Crippen MR) is 166 cm³/mol. The first-order chi connectivity index (χ1) is 21.1. The molecule has 214 valence electrons. The summed E-state index contributed by atoms with van der Waals surface area (Å²) >= 11 is 1.29. The Labute approximate surface area is 250 Å². The van der Waals surface area contributed by atoms with E-state index in [1.54, 1.807) is 17.6 Å². The number of nitrogens with zero attached hydrogens (tertiary/aromatic N) is 3. The SMILES string of the molecule is C=CCn1cc(/C=c2/sc3n(c2=O)C(c2ccc4c(c2)OCO4)C(C(=O)OCC)=C(c2ccccc2)N=3)c2ccccc21. The summed E-state index contributed by atoms with van der Waals surface area (Å²) < 4.78 is 21.0. The van der Waals surface area contributed by atoms with Gasteiger partial charge in [-0.3, -0.25) is 9.36 Å². The van der Waals surface area contributed by atoms with Crippen molar-refractivity contribution in [1.82, 2.24) is 9.13 Å². The van der Waals surface area contributed by atoms with Crippen LogP contribution in [0.3, 0.4) is 0 Å². The molecule has 0 spiro atoms. The molecule has 4 heterocycles. The van der Waals surface area contributed by atoms with E-state index in [4.69, 9.17) is 19.2 Å². The molecular formula is C34H27N3O5S. The standard InChI is InChI=1S/C34H27N3O5S/c1-3-16-36-19-23(24-12-8-9-13-25(24)36)18-28-32(38)37-31(22-14-15-26-27(17-22)42-20-41-26)29(33(39)40-4-2)30(35-34(37)43-28)21-10-6-5-7-11-21/h3,5-15,17-19,31H,1,4,16,20H2,2H3/b28-18+. The molecule has 0 aliphatic carbocycles. The molecule has 0 saturated heterocycles. The molecule has 1 atom stereocenters. The molecule has 0 amide bonds. The van der Waals surface area contributed by atoms with Crippen molar-refractivity contribution in [2.45, 2.75) is 19.5 Å². The van der Waals surface area contributed by atoms with Gasteiger partial charge in [-0.25, -0.2) is 9.79 Å². The van der Waals surface area contributed by atoms with Gasteiger partial charge < -0.3 is 18.8 Å². The maximum atomic E-state index is 14.3. The number of hydrogen-bond acceptors (Lipinski definition) is 7. The lowest BCUT2D eigenvalue weighted by atomic mass is 9.93. The normalized spacial score (nSPS) is 15.8. The highest BCUT2D eigenvalue weighted by Crippen LogP contribution is 2.40. The van der Waals surface area contributed by atoms with Gasteiger partial charge in [-0.1, -0.05) is 72.0 Å². The Kier molecular flexibility index (Phi) is 6.79. The second-order valence-corrected chi connectivity index (χ2v) is 11.1. The third-order valence-corrected chi connectivity index (χ3v) is 8.50. The smallest absolute Gasteiger partial charge is 0.338 e. The Hall–Kier alpha value is -5.15. The quantitative estimate of drug-likeness (QED) is 0.201. The van der Waals surface area contributed by atoms with E-state index in [1.807, 2.05) is 79.0 Å². The van der Waals surface area contributed by atoms with Gasteiger partial charge in [-0.05, 0) is 36.8 Å². The van der Waals surface area contributed by atoms with Gasteiger partial charge in [0.15, 0.2) is 16.3 Å². The van der Waals surface area contributed by atoms with Crippen LogP contribution in [0, 0.1) is 0 Å². The minimum absolute atomic E-state index is 0.108. The lowest BCUT2D eigenvalue weighted by Gasteiger charge is -2.26. The number of thiazole rings is 1. The van der Waals surface area contributed by atoms with Gasteiger partial charge in [-0.2, -0.15) is 0 Å². The molecule has 1 unspecified atom stereocenters. The van der Waals surface area contributed by atoms with Crippen LogP contribution in [0.15, 0.2) is 107 Å². The van der Waals surface area contributed by atoms with Crippen molar-refractivity contribution < 1.29 is 19.0 Å². The van der Waals surface area contributed by atoms with E-state index in [2.05, 4.69) is 17.2 Å². The third kappa shape index (κ3) is 4.58. The van der Waals surface area contributed by atoms with E-state index in [-0.39, 0.29) is 24.5 Å². The molecule has 0 fully saturated rings. The monoisotopic (exact) mass is 589 g/mol. The van der Waals surface area contributed by atoms with Gasteiger partial charge in [0.2, 0.25) is 6.79 Å². The summed E-state index contributed by atoms with van der Waals surface area (Å²) in [5.74, 6) is 0.627. The summed E-state index contributed by atoms with van der Waals surface area (Å²) in [5.41, 5.74) is 3.91. The lowest BCUT2D eigenvalue weighted by Crippen LogP contribution is -2.40. The minimum atomic E-state index is -0.802. The molecule has 8 nitrogen and oxygen atoms in total. The number of hydrogen-bond donors (Lipinski definition) is 0. The summed E-state index contributed by atoms with van der Waals surface area (Å²) in [6.45, 7) is 6.57. The fourth-order valence-corrected chi connectivity index (χ4v) is 6.65. The summed E-state index contributed by atoms with van der Waals surface area (Å²) in [5, 5.41) is 1.03. The molecular weight excluding hydrogens is 562 g/mol. The largest absolute Gasteiger partial charge is 0.463 e. The molecule has 0 radical (unpaired) electrons. The van der Waals surface area contributed by atoms with Crippen LogP contribution in [0.1, 0.15) is 29.7 Å². The van der Waals surface area contributed by atoms with Crippen LogP contribution in [0.2, 0.25) is 0 Å². The number of fused-ring (bicyclic) bond motifs is 3. The highest BCUT2D eigenvalue weighted by Gasteiger charge is 2.36. The van der Waals surface area contributed by atoms with Crippen LogP contribution < -0.4 is 24.4 Å². The van der Waals surface area contributed by atoms with Crippen molar-refractivity contribution >= 4 is 40.0 Å². The summed E-state index contributed by atoms with van der Waals surface area (Å²) in [6, 6.07) is 22.2. The number of benzene rings is 3. The van der Waals surface area contributed by atoms with Crippen molar-refractivity contribution in [3.8, 4) is 11.5 Å². The molecule has 5 aromatic rings. The fraction of sp³-hybridized carbons (Fsp3) is 0.147. The molecule has 0 bridgehead atoms. The van der Waals surface area contributed by atoms with E-state index in [9.17, 15) is 9.59 Å². The topological polar surface area (TPSA) is 84.0 Å². The average molecular weight is 590 g/mol. The van der Waals surface area contributed by atoms with Crippen LogP contribution in [0.5, 0.6) is 11.5 Å². The fourth-order valence-electron chi connectivity index (χ4n) is 5.66. The Morgan fingerprint density at radius 2 is 1.88 bits per heavy atom. The van der Waals surface area contributed by atoms with Crippen molar-refractivity contribution in [3.63, 3.8) is 0 Å². The number of aromatic nitrogens is 2. The van der Waals surface area contributed by atoms with E-state index in [1.165, 1.54) is 11.3 Å². The highest BCUT2D eigenvalue weighted by atomic mass is 32.1. The number of ether oxygens (including phenoxy) is 3. The van der Waals surface area contributed by atoms with Gasteiger partial charge in [0, 0.05) is 34.8 Å². The Morgan fingerprint density at radius 3 is 2.70 bits per heavy atom. The minimum Gasteiger partial charge on any atom is -0.463 e. The van der Waals surface area contributed by atoms with E-state index in [0.29, 0.717) is 38.6 Å². The summed E-state index contributed by atoms with van der Waals surface area (Å²) in [7, 11) is 0. The first-order valence-corrected chi connectivity index (χ1v) is 14.8. The van der Waals surface area contributed by atoms with Crippen LogP contribution in [-0.4, -0.2) is 28.5 Å². The van der Waals surface area contributed by atoms with Crippen LogP contribution in [0.25, 0.3) is 22.7 Å². The van der Waals surface area contributed by atoms with Gasteiger partial charge in [-0.15, -0.1) is 6.58 Å². The Morgan fingerprint density at radius 1 is 1.09 bits per heavy atom. The van der Waals surface area contributed by atoms with Gasteiger partial charge in [0.25, 0.3) is 5.56 Å². The maximum absolute atomic E-state index is 14.3. The first kappa shape index (κ1) is 26.7. The van der Waals surface area contributed by atoms with Crippen LogP contribution in [0.4, 0.5) is 0 Å². The average Bonchev–Trinajstić information content (AvgIpc) is 3.73. The van der Waals surface area contributed by atoms with Gasteiger partial charge in [0.05, 0.1) is 28.5 Å². The van der Waals surface area contributed by atoms with Crippen molar-refractivity contribution in [3.05, 3.63) is 134 Å². The Bertz CT molecular complexity index is 2120. The second kappa shape index (κ2) is 10.9. The zero-order chi connectivity index (χ0) is 29.5. The lowest BCUT2D eigenvalue weighted by molar-refractivity contribution is -0.138. The van der Waals surface area contributed by atoms with Gasteiger partial charge in [0.1, 0.15) is 0 Å². The zero-order valence-electron chi connectivity index (χ0n) is 23.4. The van der Waals surface area contributed by atoms with Crippen LogP contribution in [-0.2, 0) is 16.1 Å². The molecule has 9 heteroatoms. The molecule has 43 heavy (non-hydrogen) atoms. The van der Waals surface area contributed by atoms with E-state index >= 15 is 0 Å². The number of carbonyl (C=O) groups excluding carboxylic acids is 1.